The number of hydrogen-bond acceptors (Lipinski definition) is 2. The first-order valence-electron chi connectivity index (χ1n) is 6.35. The molecular formula is C16H18N2O. The van der Waals surface area contributed by atoms with Crippen molar-refractivity contribution in [2.24, 2.45) is 0 Å². The lowest BCUT2D eigenvalue weighted by molar-refractivity contribution is -0.116. The molecule has 19 heavy (non-hydrogen) atoms. The lowest BCUT2D eigenvalue weighted by Gasteiger charge is -2.09. The van der Waals surface area contributed by atoms with E-state index in [2.05, 4.69) is 5.32 Å². The van der Waals surface area contributed by atoms with E-state index < -0.39 is 0 Å². The zero-order chi connectivity index (χ0) is 13.7. The predicted octanol–water partition coefficient (Wildman–Crippen LogP) is 3.15. The van der Waals surface area contributed by atoms with Gasteiger partial charge in [-0.1, -0.05) is 36.4 Å². The third-order valence-corrected chi connectivity index (χ3v) is 2.97. The van der Waals surface area contributed by atoms with Gasteiger partial charge in [-0.15, -0.1) is 0 Å². The standard InChI is InChI=1S/C16H18N2O/c1-12-7-9-14(17)15(11-12)18-16(19)10-8-13-5-3-2-4-6-13/h2-7,9,11H,8,10,17H2,1H3,(H,18,19). The zero-order valence-electron chi connectivity index (χ0n) is 11.0. The summed E-state index contributed by atoms with van der Waals surface area (Å²) in [6.45, 7) is 1.97. The highest BCUT2D eigenvalue weighted by Gasteiger charge is 2.05. The van der Waals surface area contributed by atoms with Crippen LogP contribution in [0.1, 0.15) is 17.5 Å². The molecule has 0 saturated heterocycles. The van der Waals surface area contributed by atoms with Crippen LogP contribution in [0.25, 0.3) is 0 Å². The second kappa shape index (κ2) is 6.05. The van der Waals surface area contributed by atoms with E-state index in [1.807, 2.05) is 55.5 Å². The summed E-state index contributed by atoms with van der Waals surface area (Å²) >= 11 is 0. The van der Waals surface area contributed by atoms with Gasteiger partial charge in [-0.2, -0.15) is 0 Å². The largest absolute Gasteiger partial charge is 0.397 e. The number of rotatable bonds is 4. The summed E-state index contributed by atoms with van der Waals surface area (Å²) in [4.78, 5) is 11.9. The van der Waals surface area contributed by atoms with Crippen LogP contribution >= 0.6 is 0 Å². The van der Waals surface area contributed by atoms with Crippen LogP contribution < -0.4 is 11.1 Å². The smallest absolute Gasteiger partial charge is 0.224 e. The molecule has 3 N–H and O–H groups in total. The normalized spacial score (nSPS) is 10.2. The molecule has 3 nitrogen and oxygen atoms in total. The molecule has 0 aromatic heterocycles. The van der Waals surface area contributed by atoms with Gasteiger partial charge in [0.15, 0.2) is 0 Å². The summed E-state index contributed by atoms with van der Waals surface area (Å²) in [6.07, 6.45) is 1.19. The summed E-state index contributed by atoms with van der Waals surface area (Å²) in [5.41, 5.74) is 9.36. The van der Waals surface area contributed by atoms with Crippen LogP contribution in [-0.2, 0) is 11.2 Å². The van der Waals surface area contributed by atoms with Gasteiger partial charge in [0.05, 0.1) is 11.4 Å². The van der Waals surface area contributed by atoms with Crippen molar-refractivity contribution >= 4 is 17.3 Å². The molecule has 0 spiro atoms. The first kappa shape index (κ1) is 13.1. The number of carbonyl (C=O) groups excluding carboxylic acids is 1. The van der Waals surface area contributed by atoms with Crippen LogP contribution in [0.2, 0.25) is 0 Å². The number of anilines is 2. The lowest BCUT2D eigenvalue weighted by atomic mass is 10.1. The minimum atomic E-state index is -0.0128. The van der Waals surface area contributed by atoms with Gasteiger partial charge in [0.25, 0.3) is 0 Å². The summed E-state index contributed by atoms with van der Waals surface area (Å²) in [6, 6.07) is 15.6. The van der Waals surface area contributed by atoms with Crippen molar-refractivity contribution in [1.82, 2.24) is 0 Å². The Morgan fingerprint density at radius 3 is 2.63 bits per heavy atom. The van der Waals surface area contributed by atoms with Crippen molar-refractivity contribution in [3.8, 4) is 0 Å². The molecule has 0 aliphatic heterocycles. The van der Waals surface area contributed by atoms with Crippen LogP contribution in [-0.4, -0.2) is 5.91 Å². The average Bonchev–Trinajstić information content (AvgIpc) is 2.42. The molecule has 0 heterocycles. The van der Waals surface area contributed by atoms with E-state index in [-0.39, 0.29) is 5.91 Å². The minimum Gasteiger partial charge on any atom is -0.397 e. The Labute approximate surface area is 113 Å². The zero-order valence-corrected chi connectivity index (χ0v) is 11.0. The fraction of sp³-hybridized carbons (Fsp3) is 0.188. The van der Waals surface area contributed by atoms with Crippen molar-refractivity contribution in [3.63, 3.8) is 0 Å². The number of nitrogens with two attached hydrogens (primary N) is 1. The van der Waals surface area contributed by atoms with E-state index in [9.17, 15) is 4.79 Å². The van der Waals surface area contributed by atoms with Crippen LogP contribution in [0, 0.1) is 6.92 Å². The van der Waals surface area contributed by atoms with Crippen molar-refractivity contribution in [1.29, 1.82) is 0 Å². The fourth-order valence-corrected chi connectivity index (χ4v) is 1.89. The second-order valence-corrected chi connectivity index (χ2v) is 4.62. The van der Waals surface area contributed by atoms with Gasteiger partial charge in [-0.05, 0) is 36.6 Å². The molecule has 0 saturated carbocycles. The van der Waals surface area contributed by atoms with Crippen molar-refractivity contribution in [2.45, 2.75) is 19.8 Å². The number of amides is 1. The number of benzene rings is 2. The molecule has 2 rings (SSSR count). The maximum atomic E-state index is 11.9. The fourth-order valence-electron chi connectivity index (χ4n) is 1.89. The second-order valence-electron chi connectivity index (χ2n) is 4.62. The first-order chi connectivity index (χ1) is 9.15. The predicted molar refractivity (Wildman–Crippen MR) is 79.0 cm³/mol. The maximum Gasteiger partial charge on any atom is 0.224 e. The molecule has 0 bridgehead atoms. The van der Waals surface area contributed by atoms with E-state index in [0.29, 0.717) is 17.8 Å². The number of aryl methyl sites for hydroxylation is 2. The van der Waals surface area contributed by atoms with Gasteiger partial charge in [-0.25, -0.2) is 0 Å². The maximum absolute atomic E-state index is 11.9. The molecule has 2 aromatic rings. The Morgan fingerprint density at radius 2 is 1.89 bits per heavy atom. The Bertz CT molecular complexity index is 564. The van der Waals surface area contributed by atoms with Crippen molar-refractivity contribution in [3.05, 3.63) is 59.7 Å². The number of carbonyl (C=O) groups is 1. The third kappa shape index (κ3) is 3.85. The SMILES string of the molecule is Cc1ccc(N)c(NC(=O)CCc2ccccc2)c1. The third-order valence-electron chi connectivity index (χ3n) is 2.97. The molecule has 2 aromatic carbocycles. The van der Waals surface area contributed by atoms with Crippen LogP contribution in [0.3, 0.4) is 0 Å². The van der Waals surface area contributed by atoms with Gasteiger partial charge in [0.1, 0.15) is 0 Å². The highest BCUT2D eigenvalue weighted by atomic mass is 16.1. The van der Waals surface area contributed by atoms with Gasteiger partial charge in [0, 0.05) is 6.42 Å². The quantitative estimate of drug-likeness (QED) is 0.823. The molecule has 0 unspecified atom stereocenters. The van der Waals surface area contributed by atoms with Gasteiger partial charge in [-0.3, -0.25) is 4.79 Å². The Hall–Kier alpha value is -2.29. The number of nitrogen functional groups attached to an aromatic ring is 1. The van der Waals surface area contributed by atoms with Crippen molar-refractivity contribution < 1.29 is 4.79 Å². The van der Waals surface area contributed by atoms with E-state index >= 15 is 0 Å². The molecule has 0 fully saturated rings. The topological polar surface area (TPSA) is 55.1 Å². The number of nitrogens with one attached hydrogen (secondary N) is 1. The highest BCUT2D eigenvalue weighted by molar-refractivity contribution is 5.94. The molecule has 3 heteroatoms. The van der Waals surface area contributed by atoms with E-state index in [1.165, 1.54) is 0 Å². The van der Waals surface area contributed by atoms with Gasteiger partial charge >= 0.3 is 0 Å². The molecule has 0 aliphatic rings. The van der Waals surface area contributed by atoms with E-state index in [1.54, 1.807) is 0 Å². The Kier molecular flexibility index (Phi) is 4.18. The Morgan fingerprint density at radius 1 is 1.16 bits per heavy atom. The van der Waals surface area contributed by atoms with Crippen LogP contribution in [0.5, 0.6) is 0 Å². The van der Waals surface area contributed by atoms with Gasteiger partial charge < -0.3 is 11.1 Å². The summed E-state index contributed by atoms with van der Waals surface area (Å²) < 4.78 is 0. The monoisotopic (exact) mass is 254 g/mol. The summed E-state index contributed by atoms with van der Waals surface area (Å²) in [5, 5.41) is 2.86. The van der Waals surface area contributed by atoms with Crippen LogP contribution in [0.4, 0.5) is 11.4 Å². The lowest BCUT2D eigenvalue weighted by Crippen LogP contribution is -2.13. The molecular weight excluding hydrogens is 236 g/mol. The summed E-state index contributed by atoms with van der Waals surface area (Å²) in [5.74, 6) is -0.0128. The van der Waals surface area contributed by atoms with Crippen molar-refractivity contribution in [2.75, 3.05) is 11.1 Å². The first-order valence-corrected chi connectivity index (χ1v) is 6.35. The van der Waals surface area contributed by atoms with E-state index in [4.69, 9.17) is 5.73 Å². The molecule has 1 amide bonds. The minimum absolute atomic E-state index is 0.0128. The Balaban J connectivity index is 1.93. The molecule has 0 radical (unpaired) electrons. The van der Waals surface area contributed by atoms with Gasteiger partial charge in [0.2, 0.25) is 5.91 Å². The average molecular weight is 254 g/mol. The van der Waals surface area contributed by atoms with Crippen LogP contribution in [0.15, 0.2) is 48.5 Å². The van der Waals surface area contributed by atoms with E-state index in [0.717, 1.165) is 17.5 Å². The summed E-state index contributed by atoms with van der Waals surface area (Å²) in [7, 11) is 0. The number of hydrogen-bond donors (Lipinski definition) is 2. The molecule has 98 valence electrons. The molecule has 0 atom stereocenters. The highest BCUT2D eigenvalue weighted by Crippen LogP contribution is 2.19. The molecule has 0 aliphatic carbocycles.